The van der Waals surface area contributed by atoms with Gasteiger partial charge in [-0.3, -0.25) is 4.79 Å². The lowest BCUT2D eigenvalue weighted by Crippen LogP contribution is -2.49. The maximum atomic E-state index is 12.8. The Morgan fingerprint density at radius 2 is 2.05 bits per heavy atom. The minimum atomic E-state index is 0.110. The second-order valence-corrected chi connectivity index (χ2v) is 5.91. The number of hydrogen-bond donors (Lipinski definition) is 1. The highest BCUT2D eigenvalue weighted by Gasteiger charge is 2.36. The van der Waals surface area contributed by atoms with Crippen molar-refractivity contribution in [3.05, 3.63) is 23.9 Å². The summed E-state index contributed by atoms with van der Waals surface area (Å²) in [5, 5.41) is 3.00. The van der Waals surface area contributed by atoms with E-state index in [4.69, 9.17) is 0 Å². The lowest BCUT2D eigenvalue weighted by atomic mass is 9.78. The fraction of sp³-hybridized carbons (Fsp3) is 0.625. The van der Waals surface area contributed by atoms with Crippen molar-refractivity contribution in [3.63, 3.8) is 0 Å². The topological polar surface area (TPSA) is 45.2 Å². The minimum absolute atomic E-state index is 0.110. The Balaban J connectivity index is 1.81. The first-order valence-corrected chi connectivity index (χ1v) is 7.75. The first kappa shape index (κ1) is 13.4. The fourth-order valence-corrected chi connectivity index (χ4v) is 3.72. The molecule has 4 nitrogen and oxygen atoms in total. The largest absolute Gasteiger partial charge is 0.373 e. The summed E-state index contributed by atoms with van der Waals surface area (Å²) in [5.74, 6) is 1.58. The Morgan fingerprint density at radius 3 is 2.90 bits per heavy atom. The summed E-state index contributed by atoms with van der Waals surface area (Å²) in [7, 11) is 1.83. The summed E-state index contributed by atoms with van der Waals surface area (Å²) in [4.78, 5) is 19.3. The summed E-state index contributed by atoms with van der Waals surface area (Å²) in [6, 6.07) is 6.06. The van der Waals surface area contributed by atoms with Crippen molar-refractivity contribution in [2.75, 3.05) is 18.9 Å². The Labute approximate surface area is 120 Å². The van der Waals surface area contributed by atoms with Gasteiger partial charge in [0, 0.05) is 19.6 Å². The second-order valence-electron chi connectivity index (χ2n) is 5.91. The van der Waals surface area contributed by atoms with Crippen molar-refractivity contribution >= 4 is 11.7 Å². The second kappa shape index (κ2) is 5.81. The molecule has 2 unspecified atom stereocenters. The molecule has 108 valence electrons. The molecule has 1 saturated carbocycles. The number of aromatic nitrogens is 1. The van der Waals surface area contributed by atoms with Gasteiger partial charge in [0.25, 0.3) is 5.91 Å². The van der Waals surface area contributed by atoms with Crippen LogP contribution in [-0.4, -0.2) is 35.4 Å². The van der Waals surface area contributed by atoms with Gasteiger partial charge < -0.3 is 10.2 Å². The lowest BCUT2D eigenvalue weighted by Gasteiger charge is -2.44. The van der Waals surface area contributed by atoms with Gasteiger partial charge in [-0.1, -0.05) is 18.9 Å². The van der Waals surface area contributed by atoms with E-state index in [1.165, 1.54) is 32.1 Å². The van der Waals surface area contributed by atoms with Gasteiger partial charge in [-0.25, -0.2) is 4.98 Å². The van der Waals surface area contributed by atoms with Crippen LogP contribution in [0, 0.1) is 5.92 Å². The quantitative estimate of drug-likeness (QED) is 0.901. The number of likely N-dealkylation sites (tertiary alicyclic amines) is 1. The molecule has 0 aromatic carbocycles. The van der Waals surface area contributed by atoms with Gasteiger partial charge >= 0.3 is 0 Å². The van der Waals surface area contributed by atoms with Crippen LogP contribution >= 0.6 is 0 Å². The van der Waals surface area contributed by atoms with Crippen LogP contribution in [0.15, 0.2) is 18.2 Å². The molecule has 1 aromatic heterocycles. The number of nitrogens with one attached hydrogen (secondary N) is 1. The van der Waals surface area contributed by atoms with Crippen molar-refractivity contribution in [1.82, 2.24) is 9.88 Å². The van der Waals surface area contributed by atoms with Crippen molar-refractivity contribution in [2.45, 2.75) is 44.6 Å². The molecule has 1 aliphatic heterocycles. The molecule has 1 aromatic rings. The number of piperidine rings is 1. The van der Waals surface area contributed by atoms with Crippen LogP contribution in [0.1, 0.15) is 49.0 Å². The summed E-state index contributed by atoms with van der Waals surface area (Å²) in [6.07, 6.45) is 7.48. The molecule has 2 atom stereocenters. The van der Waals surface area contributed by atoms with E-state index < -0.39 is 0 Å². The van der Waals surface area contributed by atoms with Gasteiger partial charge in [0.15, 0.2) is 0 Å². The monoisotopic (exact) mass is 273 g/mol. The number of hydrogen-bond acceptors (Lipinski definition) is 3. The molecule has 1 N–H and O–H groups in total. The average molecular weight is 273 g/mol. The Morgan fingerprint density at radius 1 is 1.25 bits per heavy atom. The number of fused-ring (bicyclic) bond motifs is 1. The predicted octanol–water partition coefficient (Wildman–Crippen LogP) is 2.92. The lowest BCUT2D eigenvalue weighted by molar-refractivity contribution is 0.0385. The van der Waals surface area contributed by atoms with E-state index in [0.717, 1.165) is 18.8 Å². The highest BCUT2D eigenvalue weighted by atomic mass is 16.2. The average Bonchev–Trinajstić information content (AvgIpc) is 2.53. The summed E-state index contributed by atoms with van der Waals surface area (Å²) in [5.41, 5.74) is 0.572. The number of anilines is 1. The van der Waals surface area contributed by atoms with Gasteiger partial charge in [0.1, 0.15) is 11.5 Å². The maximum absolute atomic E-state index is 12.8. The molecule has 1 saturated heterocycles. The fourth-order valence-electron chi connectivity index (χ4n) is 3.72. The Hall–Kier alpha value is -1.58. The van der Waals surface area contributed by atoms with Crippen molar-refractivity contribution < 1.29 is 4.79 Å². The molecular formula is C16H23N3O. The third-order valence-corrected chi connectivity index (χ3v) is 4.73. The molecule has 0 radical (unpaired) electrons. The molecule has 2 aliphatic rings. The summed E-state index contributed by atoms with van der Waals surface area (Å²) < 4.78 is 0. The molecular weight excluding hydrogens is 250 g/mol. The van der Waals surface area contributed by atoms with Gasteiger partial charge in [-0.05, 0) is 43.7 Å². The molecule has 0 spiro atoms. The van der Waals surface area contributed by atoms with Gasteiger partial charge in [0.05, 0.1) is 0 Å². The summed E-state index contributed by atoms with van der Waals surface area (Å²) in [6.45, 7) is 0.894. The minimum Gasteiger partial charge on any atom is -0.373 e. The molecule has 4 heteroatoms. The van der Waals surface area contributed by atoms with Crippen molar-refractivity contribution in [2.24, 2.45) is 5.92 Å². The zero-order valence-electron chi connectivity index (χ0n) is 12.1. The Kier molecular flexibility index (Phi) is 3.90. The van der Waals surface area contributed by atoms with Crippen molar-refractivity contribution in [1.29, 1.82) is 0 Å². The number of carbonyl (C=O) groups excluding carboxylic acids is 1. The molecule has 2 fully saturated rings. The van der Waals surface area contributed by atoms with E-state index in [-0.39, 0.29) is 5.91 Å². The van der Waals surface area contributed by atoms with E-state index in [9.17, 15) is 4.79 Å². The van der Waals surface area contributed by atoms with Crippen LogP contribution in [0.3, 0.4) is 0 Å². The third kappa shape index (κ3) is 2.51. The zero-order chi connectivity index (χ0) is 13.9. The molecule has 1 aliphatic carbocycles. The predicted molar refractivity (Wildman–Crippen MR) is 79.8 cm³/mol. The first-order valence-electron chi connectivity index (χ1n) is 7.75. The molecule has 1 amide bonds. The molecule has 2 heterocycles. The van der Waals surface area contributed by atoms with Crippen molar-refractivity contribution in [3.8, 4) is 0 Å². The highest BCUT2D eigenvalue weighted by molar-refractivity contribution is 5.93. The highest BCUT2D eigenvalue weighted by Crippen LogP contribution is 2.35. The van der Waals surface area contributed by atoms with Crippen LogP contribution in [0.5, 0.6) is 0 Å². The first-order chi connectivity index (χ1) is 9.79. The van der Waals surface area contributed by atoms with Crippen LogP contribution in [0.25, 0.3) is 0 Å². The number of pyridine rings is 1. The normalized spacial score (nSPS) is 25.9. The van der Waals surface area contributed by atoms with E-state index in [0.29, 0.717) is 17.7 Å². The standard InChI is InChI=1S/C16H23N3O/c1-17-15-10-4-8-13(18-15)16(20)19-11-5-7-12-6-2-3-9-14(12)19/h4,8,10,12,14H,2-3,5-7,9,11H2,1H3,(H,17,18). The number of amides is 1. The Bertz CT molecular complexity index is 486. The maximum Gasteiger partial charge on any atom is 0.272 e. The van der Waals surface area contributed by atoms with Crippen LogP contribution in [-0.2, 0) is 0 Å². The van der Waals surface area contributed by atoms with E-state index in [1.807, 2.05) is 25.2 Å². The van der Waals surface area contributed by atoms with Crippen LogP contribution in [0.4, 0.5) is 5.82 Å². The van der Waals surface area contributed by atoms with Crippen LogP contribution < -0.4 is 5.32 Å². The molecule has 0 bridgehead atoms. The molecule has 3 rings (SSSR count). The van der Waals surface area contributed by atoms with E-state index in [2.05, 4.69) is 15.2 Å². The number of nitrogens with zero attached hydrogens (tertiary/aromatic N) is 2. The SMILES string of the molecule is CNc1cccc(C(=O)N2CCCC3CCCCC32)n1. The van der Waals surface area contributed by atoms with Gasteiger partial charge in [-0.15, -0.1) is 0 Å². The van der Waals surface area contributed by atoms with E-state index >= 15 is 0 Å². The van der Waals surface area contributed by atoms with E-state index in [1.54, 1.807) is 0 Å². The smallest absolute Gasteiger partial charge is 0.272 e. The zero-order valence-corrected chi connectivity index (χ0v) is 12.1. The number of rotatable bonds is 2. The van der Waals surface area contributed by atoms with Gasteiger partial charge in [0.2, 0.25) is 0 Å². The molecule has 20 heavy (non-hydrogen) atoms. The van der Waals surface area contributed by atoms with Gasteiger partial charge in [-0.2, -0.15) is 0 Å². The number of carbonyl (C=O) groups is 1. The third-order valence-electron chi connectivity index (χ3n) is 4.73. The van der Waals surface area contributed by atoms with Crippen LogP contribution in [0.2, 0.25) is 0 Å². The summed E-state index contributed by atoms with van der Waals surface area (Å²) >= 11 is 0.